The van der Waals surface area contributed by atoms with Crippen molar-refractivity contribution in [3.05, 3.63) is 90.5 Å². The Labute approximate surface area is 209 Å². The fraction of sp³-hybridized carbons (Fsp3) is 0.379. The first kappa shape index (κ1) is 27.1. The van der Waals surface area contributed by atoms with Gasteiger partial charge in [-0.2, -0.15) is 0 Å². The zero-order valence-corrected chi connectivity index (χ0v) is 23.7. The van der Waals surface area contributed by atoms with Crippen LogP contribution >= 0.6 is 15.8 Å². The van der Waals surface area contributed by atoms with Gasteiger partial charge < -0.3 is 0 Å². The normalized spacial score (nSPS) is 13.2. The number of benzene rings is 3. The van der Waals surface area contributed by atoms with Gasteiger partial charge in [0.2, 0.25) is 0 Å². The van der Waals surface area contributed by atoms with Gasteiger partial charge in [0, 0.05) is 0 Å². The maximum atomic E-state index is 14.5. The minimum absolute atomic E-state index is 0.302. The average molecular weight is 513 g/mol. The zero-order valence-electron chi connectivity index (χ0n) is 21.1. The van der Waals surface area contributed by atoms with Crippen LogP contribution in [0.5, 0.6) is 0 Å². The summed E-state index contributed by atoms with van der Waals surface area (Å²) in [5.41, 5.74) is 1.81. The van der Waals surface area contributed by atoms with E-state index >= 15 is 0 Å². The average Bonchev–Trinajstić information content (AvgIpc) is 2.83. The van der Waals surface area contributed by atoms with Crippen LogP contribution in [0.2, 0.25) is 0 Å². The van der Waals surface area contributed by atoms with Crippen molar-refractivity contribution in [3.63, 3.8) is 0 Å². The quantitative estimate of drug-likeness (QED) is 0.249. The molecular formula is C29H38O2P2S. The molecule has 0 fully saturated rings. The SMILES string of the molecule is CCCCc1ccc(S(=O)(=O)C(P(c2ccccc2)c2ccccc2)P(C(C)C)C(C)C)cc1. The van der Waals surface area contributed by atoms with E-state index in [0.717, 1.165) is 29.9 Å². The molecule has 3 rings (SSSR count). The van der Waals surface area contributed by atoms with Crippen molar-refractivity contribution in [1.29, 1.82) is 0 Å². The van der Waals surface area contributed by atoms with Gasteiger partial charge in [-0.15, -0.1) is 0 Å². The van der Waals surface area contributed by atoms with E-state index in [9.17, 15) is 8.42 Å². The molecule has 0 heterocycles. The van der Waals surface area contributed by atoms with Gasteiger partial charge in [-0.3, -0.25) is 0 Å². The van der Waals surface area contributed by atoms with Crippen LogP contribution in [0.25, 0.3) is 0 Å². The molecule has 0 spiro atoms. The second-order valence-electron chi connectivity index (χ2n) is 9.29. The summed E-state index contributed by atoms with van der Waals surface area (Å²) >= 11 is 0. The summed E-state index contributed by atoms with van der Waals surface area (Å²) in [4.78, 5) is 0.464. The van der Waals surface area contributed by atoms with Gasteiger partial charge in [-0.1, -0.05) is 122 Å². The molecule has 2 nitrogen and oxygen atoms in total. The molecule has 0 aromatic heterocycles. The number of hydrogen-bond donors (Lipinski definition) is 0. The van der Waals surface area contributed by atoms with Crippen LogP contribution in [-0.2, 0) is 16.3 Å². The first-order chi connectivity index (χ1) is 16.3. The second-order valence-corrected chi connectivity index (χ2v) is 18.2. The van der Waals surface area contributed by atoms with E-state index in [1.54, 1.807) is 0 Å². The highest BCUT2D eigenvalue weighted by atomic mass is 32.2. The molecule has 0 bridgehead atoms. The monoisotopic (exact) mass is 512 g/mol. The molecular weight excluding hydrogens is 474 g/mol. The highest BCUT2D eigenvalue weighted by Crippen LogP contribution is 2.65. The molecule has 0 aliphatic heterocycles. The summed E-state index contributed by atoms with van der Waals surface area (Å²) in [5.74, 6) is 0. The van der Waals surface area contributed by atoms with Crippen molar-refractivity contribution >= 4 is 36.3 Å². The molecule has 0 aliphatic rings. The number of aryl methyl sites for hydroxylation is 1. The van der Waals surface area contributed by atoms with E-state index in [4.69, 9.17) is 0 Å². The number of unbranched alkanes of at least 4 members (excludes halogenated alkanes) is 1. The van der Waals surface area contributed by atoms with E-state index in [2.05, 4.69) is 58.9 Å². The minimum atomic E-state index is -3.57. The predicted octanol–water partition coefficient (Wildman–Crippen LogP) is 7.52. The van der Waals surface area contributed by atoms with Gasteiger partial charge in [0.1, 0.15) is 4.73 Å². The van der Waals surface area contributed by atoms with Crippen molar-refractivity contribution in [1.82, 2.24) is 0 Å². The maximum absolute atomic E-state index is 14.5. The molecule has 3 aromatic carbocycles. The standard InChI is InChI=1S/C29H38O2P2S/c1-6-7-14-25-19-21-28(22-20-25)34(30,31)29(32(23(2)3)24(4)5)33(26-15-10-8-11-16-26)27-17-12-9-13-18-27/h8-13,15-24,29H,6-7,14H2,1-5H3. The van der Waals surface area contributed by atoms with E-state index in [0.29, 0.717) is 16.2 Å². The Morgan fingerprint density at radius 1 is 0.706 bits per heavy atom. The lowest BCUT2D eigenvalue weighted by Gasteiger charge is -2.39. The first-order valence-electron chi connectivity index (χ1n) is 12.3. The predicted molar refractivity (Wildman–Crippen MR) is 152 cm³/mol. The lowest BCUT2D eigenvalue weighted by molar-refractivity contribution is 0.598. The zero-order chi connectivity index (χ0) is 24.7. The molecule has 34 heavy (non-hydrogen) atoms. The van der Waals surface area contributed by atoms with Gasteiger partial charge in [0.05, 0.1) is 4.90 Å². The molecule has 5 heteroatoms. The number of hydrogen-bond acceptors (Lipinski definition) is 2. The Kier molecular flexibility index (Phi) is 9.90. The Bertz CT molecular complexity index is 1060. The summed E-state index contributed by atoms with van der Waals surface area (Å²) in [6.45, 7) is 11.0. The topological polar surface area (TPSA) is 34.1 Å². The summed E-state index contributed by atoms with van der Waals surface area (Å²) < 4.78 is 28.6. The third-order valence-corrected chi connectivity index (χ3v) is 17.1. The smallest absolute Gasteiger partial charge is 0.189 e. The summed E-state index contributed by atoms with van der Waals surface area (Å²) in [6, 6.07) is 28.3. The van der Waals surface area contributed by atoms with Crippen LogP contribution in [0, 0.1) is 0 Å². The highest BCUT2D eigenvalue weighted by molar-refractivity contribution is 8.10. The van der Waals surface area contributed by atoms with Crippen molar-refractivity contribution < 1.29 is 8.42 Å². The van der Waals surface area contributed by atoms with Crippen LogP contribution in [0.1, 0.15) is 53.0 Å². The third kappa shape index (κ3) is 6.37. The molecule has 1 unspecified atom stereocenters. The molecule has 0 aliphatic carbocycles. The fourth-order valence-electron chi connectivity index (χ4n) is 4.47. The van der Waals surface area contributed by atoms with E-state index < -0.39 is 30.4 Å². The molecule has 1 atom stereocenters. The summed E-state index contributed by atoms with van der Waals surface area (Å²) in [7, 11) is -5.49. The molecule has 3 aromatic rings. The van der Waals surface area contributed by atoms with Crippen LogP contribution in [0.3, 0.4) is 0 Å². The van der Waals surface area contributed by atoms with E-state index in [1.807, 2.05) is 60.7 Å². The Morgan fingerprint density at radius 2 is 1.18 bits per heavy atom. The van der Waals surface area contributed by atoms with E-state index in [1.165, 1.54) is 5.56 Å². The lowest BCUT2D eigenvalue weighted by atomic mass is 10.1. The lowest BCUT2D eigenvalue weighted by Crippen LogP contribution is -2.31. The Hall–Kier alpha value is -1.53. The molecule has 0 amide bonds. The third-order valence-electron chi connectivity index (χ3n) is 6.09. The van der Waals surface area contributed by atoms with Gasteiger partial charge in [-0.25, -0.2) is 8.42 Å². The minimum Gasteiger partial charge on any atom is -0.223 e. The van der Waals surface area contributed by atoms with Gasteiger partial charge in [0.15, 0.2) is 9.84 Å². The molecule has 182 valence electrons. The van der Waals surface area contributed by atoms with Gasteiger partial charge >= 0.3 is 0 Å². The fourth-order valence-corrected chi connectivity index (χ4v) is 18.0. The van der Waals surface area contributed by atoms with Crippen LogP contribution in [0.15, 0.2) is 89.8 Å². The van der Waals surface area contributed by atoms with Gasteiger partial charge in [0.25, 0.3) is 0 Å². The van der Waals surface area contributed by atoms with Crippen molar-refractivity contribution in [2.24, 2.45) is 0 Å². The van der Waals surface area contributed by atoms with Crippen LogP contribution < -0.4 is 10.6 Å². The van der Waals surface area contributed by atoms with Crippen molar-refractivity contribution in [2.45, 2.75) is 74.8 Å². The molecule has 0 saturated carbocycles. The maximum Gasteiger partial charge on any atom is 0.189 e. The largest absolute Gasteiger partial charge is 0.223 e. The summed E-state index contributed by atoms with van der Waals surface area (Å²) in [5, 5.41) is 2.26. The molecule has 0 N–H and O–H groups in total. The van der Waals surface area contributed by atoms with Crippen molar-refractivity contribution in [2.75, 3.05) is 0 Å². The first-order valence-corrected chi connectivity index (χ1v) is 16.8. The van der Waals surface area contributed by atoms with E-state index in [-0.39, 0.29) is 0 Å². The van der Waals surface area contributed by atoms with Crippen LogP contribution in [0.4, 0.5) is 0 Å². The number of sulfone groups is 1. The second kappa shape index (κ2) is 12.4. The Morgan fingerprint density at radius 3 is 1.59 bits per heavy atom. The summed E-state index contributed by atoms with van der Waals surface area (Å²) in [6.07, 6.45) is 3.24. The molecule has 0 saturated heterocycles. The number of rotatable bonds is 11. The highest BCUT2D eigenvalue weighted by Gasteiger charge is 2.44. The molecule has 0 radical (unpaired) electrons. The van der Waals surface area contributed by atoms with Gasteiger partial charge in [-0.05, 0) is 60.4 Å². The van der Waals surface area contributed by atoms with Crippen LogP contribution in [-0.4, -0.2) is 24.5 Å². The Balaban J connectivity index is 2.21. The van der Waals surface area contributed by atoms with Crippen molar-refractivity contribution in [3.8, 4) is 0 Å².